The molecule has 0 radical (unpaired) electrons. The van der Waals surface area contributed by atoms with Crippen molar-refractivity contribution in [3.05, 3.63) is 0 Å². The van der Waals surface area contributed by atoms with Gasteiger partial charge in [0.2, 0.25) is 11.8 Å². The van der Waals surface area contributed by atoms with Gasteiger partial charge in [0.05, 0.1) is 12.5 Å². The van der Waals surface area contributed by atoms with E-state index < -0.39 is 11.9 Å². The Morgan fingerprint density at radius 3 is 2.56 bits per heavy atom. The van der Waals surface area contributed by atoms with Crippen molar-refractivity contribution >= 4 is 11.8 Å². The number of nitrogens with one attached hydrogen (secondary N) is 1. The van der Waals surface area contributed by atoms with Gasteiger partial charge >= 0.3 is 0 Å². The number of carbonyl (C=O) groups excluding carboxylic acids is 2. The summed E-state index contributed by atoms with van der Waals surface area (Å²) in [4.78, 5) is 22.3. The molecule has 0 aliphatic heterocycles. The number of hydrogen-bond acceptors (Lipinski definition) is 3. The van der Waals surface area contributed by atoms with Crippen LogP contribution in [0.4, 0.5) is 0 Å². The monoisotopic (exact) mass is 227 g/mol. The zero-order valence-electron chi connectivity index (χ0n) is 9.74. The predicted molar refractivity (Wildman–Crippen MR) is 61.3 cm³/mol. The zero-order chi connectivity index (χ0) is 12.1. The highest BCUT2D eigenvalue weighted by Crippen LogP contribution is 2.23. The molecule has 1 fully saturated rings. The van der Waals surface area contributed by atoms with Gasteiger partial charge in [-0.15, -0.1) is 0 Å². The molecular weight excluding hydrogens is 206 g/mol. The summed E-state index contributed by atoms with van der Waals surface area (Å²) in [6.07, 6.45) is 4.40. The minimum atomic E-state index is -0.813. The molecule has 0 aromatic heterocycles. The molecule has 1 aliphatic carbocycles. The van der Waals surface area contributed by atoms with Crippen LogP contribution in [0.1, 0.15) is 39.0 Å². The molecule has 0 aromatic rings. The van der Waals surface area contributed by atoms with Crippen molar-refractivity contribution < 1.29 is 9.59 Å². The van der Waals surface area contributed by atoms with Gasteiger partial charge in [-0.05, 0) is 18.8 Å². The largest absolute Gasteiger partial charge is 0.370 e. The fourth-order valence-electron chi connectivity index (χ4n) is 2.13. The molecule has 0 saturated heterocycles. The van der Waals surface area contributed by atoms with Crippen LogP contribution in [0.5, 0.6) is 0 Å². The first kappa shape index (κ1) is 13.0. The molecule has 92 valence electrons. The molecule has 3 atom stereocenters. The highest BCUT2D eigenvalue weighted by Gasteiger charge is 2.25. The number of carbonyl (C=O) groups is 2. The molecule has 5 heteroatoms. The van der Waals surface area contributed by atoms with Gasteiger partial charge in [-0.2, -0.15) is 0 Å². The van der Waals surface area contributed by atoms with Crippen LogP contribution < -0.4 is 16.8 Å². The Morgan fingerprint density at radius 1 is 1.38 bits per heavy atom. The maximum absolute atomic E-state index is 11.6. The molecule has 3 unspecified atom stereocenters. The third kappa shape index (κ3) is 3.81. The smallest absolute Gasteiger partial charge is 0.237 e. The Bertz CT molecular complexity index is 268. The van der Waals surface area contributed by atoms with E-state index in [0.29, 0.717) is 5.92 Å². The van der Waals surface area contributed by atoms with E-state index in [2.05, 4.69) is 12.2 Å². The maximum Gasteiger partial charge on any atom is 0.237 e. The van der Waals surface area contributed by atoms with E-state index in [0.717, 1.165) is 19.3 Å². The molecule has 0 heterocycles. The van der Waals surface area contributed by atoms with Crippen LogP contribution in [0.25, 0.3) is 0 Å². The number of amides is 2. The van der Waals surface area contributed by atoms with E-state index in [4.69, 9.17) is 11.5 Å². The number of nitrogens with two attached hydrogens (primary N) is 2. The SMILES string of the molecule is CC1CCCCC1NC(=O)C(N)CC(N)=O. The second kappa shape index (κ2) is 5.84. The summed E-state index contributed by atoms with van der Waals surface area (Å²) in [6.45, 7) is 2.13. The molecule has 1 saturated carbocycles. The highest BCUT2D eigenvalue weighted by molar-refractivity contribution is 5.87. The molecule has 0 aromatic carbocycles. The third-order valence-electron chi connectivity index (χ3n) is 3.20. The topological polar surface area (TPSA) is 98.2 Å². The van der Waals surface area contributed by atoms with E-state index >= 15 is 0 Å². The lowest BCUT2D eigenvalue weighted by Crippen LogP contribution is -2.49. The van der Waals surface area contributed by atoms with E-state index in [1.54, 1.807) is 0 Å². The van der Waals surface area contributed by atoms with Crippen LogP contribution in [-0.4, -0.2) is 23.9 Å². The number of rotatable bonds is 4. The normalized spacial score (nSPS) is 27.1. The van der Waals surface area contributed by atoms with Crippen LogP contribution in [0, 0.1) is 5.92 Å². The van der Waals surface area contributed by atoms with E-state index in [9.17, 15) is 9.59 Å². The van der Waals surface area contributed by atoms with Crippen LogP contribution in [0.2, 0.25) is 0 Å². The first-order valence-corrected chi connectivity index (χ1v) is 5.85. The van der Waals surface area contributed by atoms with Gasteiger partial charge in [0.15, 0.2) is 0 Å². The molecule has 16 heavy (non-hydrogen) atoms. The molecular formula is C11H21N3O2. The Labute approximate surface area is 95.9 Å². The van der Waals surface area contributed by atoms with Crippen molar-refractivity contribution in [2.75, 3.05) is 0 Å². The van der Waals surface area contributed by atoms with E-state index in [1.165, 1.54) is 6.42 Å². The first-order chi connectivity index (χ1) is 7.50. The van der Waals surface area contributed by atoms with Crippen LogP contribution >= 0.6 is 0 Å². The summed E-state index contributed by atoms with van der Waals surface area (Å²) in [5.41, 5.74) is 10.6. The molecule has 2 amide bonds. The lowest BCUT2D eigenvalue weighted by molar-refractivity contribution is -0.127. The maximum atomic E-state index is 11.6. The quantitative estimate of drug-likeness (QED) is 0.624. The van der Waals surface area contributed by atoms with Gasteiger partial charge < -0.3 is 16.8 Å². The number of primary amides is 1. The Morgan fingerprint density at radius 2 is 2.00 bits per heavy atom. The summed E-state index contributed by atoms with van der Waals surface area (Å²) in [5, 5.41) is 2.90. The Balaban J connectivity index is 2.40. The van der Waals surface area contributed by atoms with Crippen LogP contribution in [0.15, 0.2) is 0 Å². The second-order valence-corrected chi connectivity index (χ2v) is 4.65. The van der Waals surface area contributed by atoms with Crippen molar-refractivity contribution in [3.8, 4) is 0 Å². The molecule has 0 spiro atoms. The Hall–Kier alpha value is -1.10. The summed E-state index contributed by atoms with van der Waals surface area (Å²) in [6, 6.07) is -0.619. The number of hydrogen-bond donors (Lipinski definition) is 3. The molecule has 1 rings (SSSR count). The highest BCUT2D eigenvalue weighted by atomic mass is 16.2. The zero-order valence-corrected chi connectivity index (χ0v) is 9.74. The fourth-order valence-corrected chi connectivity index (χ4v) is 2.13. The average Bonchev–Trinajstić information content (AvgIpc) is 2.20. The summed E-state index contributed by atoms with van der Waals surface area (Å²) in [5.74, 6) is -0.324. The van der Waals surface area contributed by atoms with Crippen molar-refractivity contribution in [1.29, 1.82) is 0 Å². The van der Waals surface area contributed by atoms with E-state index in [-0.39, 0.29) is 18.4 Å². The third-order valence-corrected chi connectivity index (χ3v) is 3.20. The van der Waals surface area contributed by atoms with Gasteiger partial charge in [0.1, 0.15) is 0 Å². The van der Waals surface area contributed by atoms with Crippen molar-refractivity contribution in [2.45, 2.75) is 51.1 Å². The minimum absolute atomic E-state index is 0.0903. The Kier molecular flexibility index (Phi) is 4.73. The van der Waals surface area contributed by atoms with Crippen LogP contribution in [0.3, 0.4) is 0 Å². The lowest BCUT2D eigenvalue weighted by Gasteiger charge is -2.30. The van der Waals surface area contributed by atoms with Crippen molar-refractivity contribution in [1.82, 2.24) is 5.32 Å². The van der Waals surface area contributed by atoms with Crippen molar-refractivity contribution in [3.63, 3.8) is 0 Å². The van der Waals surface area contributed by atoms with Gasteiger partial charge in [0, 0.05) is 6.04 Å². The van der Waals surface area contributed by atoms with Gasteiger partial charge in [0.25, 0.3) is 0 Å². The minimum Gasteiger partial charge on any atom is -0.370 e. The first-order valence-electron chi connectivity index (χ1n) is 5.85. The molecule has 5 N–H and O–H groups in total. The van der Waals surface area contributed by atoms with E-state index in [1.807, 2.05) is 0 Å². The lowest BCUT2D eigenvalue weighted by atomic mass is 9.86. The summed E-state index contributed by atoms with van der Waals surface area (Å²) >= 11 is 0. The van der Waals surface area contributed by atoms with Crippen molar-refractivity contribution in [2.24, 2.45) is 17.4 Å². The standard InChI is InChI=1S/C11H21N3O2/c1-7-4-2-3-5-9(7)14-11(16)8(12)6-10(13)15/h7-9H,2-6,12H2,1H3,(H2,13,15)(H,14,16). The summed E-state index contributed by atoms with van der Waals surface area (Å²) < 4.78 is 0. The average molecular weight is 227 g/mol. The fraction of sp³-hybridized carbons (Fsp3) is 0.818. The predicted octanol–water partition coefficient (Wildman–Crippen LogP) is -0.116. The molecule has 1 aliphatic rings. The van der Waals surface area contributed by atoms with Crippen LogP contribution in [-0.2, 0) is 9.59 Å². The summed E-state index contributed by atoms with van der Waals surface area (Å²) in [7, 11) is 0. The molecule has 0 bridgehead atoms. The molecule has 5 nitrogen and oxygen atoms in total. The van der Waals surface area contributed by atoms with Gasteiger partial charge in [-0.1, -0.05) is 19.8 Å². The second-order valence-electron chi connectivity index (χ2n) is 4.65. The van der Waals surface area contributed by atoms with Gasteiger partial charge in [-0.3, -0.25) is 9.59 Å². The van der Waals surface area contributed by atoms with Gasteiger partial charge in [-0.25, -0.2) is 0 Å².